The molecule has 1 atom stereocenters. The Balaban J connectivity index is 2.27. The standard InChI is InChI=1S/C13H21BrN2/c1-3-12(10-14)11-16(2)9-6-13-4-7-15-8-5-13/h4-5,7-8,12H,3,6,9-11H2,1-2H3. The van der Waals surface area contributed by atoms with Crippen molar-refractivity contribution in [2.75, 3.05) is 25.5 Å². The van der Waals surface area contributed by atoms with Gasteiger partial charge in [0.1, 0.15) is 0 Å². The van der Waals surface area contributed by atoms with Crippen molar-refractivity contribution in [1.82, 2.24) is 9.88 Å². The van der Waals surface area contributed by atoms with E-state index in [9.17, 15) is 0 Å². The van der Waals surface area contributed by atoms with E-state index < -0.39 is 0 Å². The molecule has 0 aromatic carbocycles. The Morgan fingerprint density at radius 3 is 2.62 bits per heavy atom. The van der Waals surface area contributed by atoms with Gasteiger partial charge in [-0.15, -0.1) is 0 Å². The van der Waals surface area contributed by atoms with Crippen LogP contribution < -0.4 is 0 Å². The number of alkyl halides is 1. The second-order valence-corrected chi connectivity index (χ2v) is 4.94. The molecule has 0 aliphatic rings. The van der Waals surface area contributed by atoms with Crippen molar-refractivity contribution in [2.24, 2.45) is 5.92 Å². The summed E-state index contributed by atoms with van der Waals surface area (Å²) in [5.41, 5.74) is 1.37. The quantitative estimate of drug-likeness (QED) is 0.716. The van der Waals surface area contributed by atoms with Crippen LogP contribution in [0.25, 0.3) is 0 Å². The fraction of sp³-hybridized carbons (Fsp3) is 0.615. The molecule has 90 valence electrons. The third kappa shape index (κ3) is 5.08. The van der Waals surface area contributed by atoms with Crippen molar-refractivity contribution >= 4 is 15.9 Å². The molecule has 1 aromatic heterocycles. The van der Waals surface area contributed by atoms with Gasteiger partial charge in [-0.05, 0) is 37.1 Å². The third-order valence-electron chi connectivity index (χ3n) is 2.90. The number of aromatic nitrogens is 1. The number of hydrogen-bond donors (Lipinski definition) is 0. The van der Waals surface area contributed by atoms with Crippen LogP contribution in [0.4, 0.5) is 0 Å². The lowest BCUT2D eigenvalue weighted by Crippen LogP contribution is -2.28. The highest BCUT2D eigenvalue weighted by Gasteiger charge is 2.07. The maximum atomic E-state index is 4.03. The van der Waals surface area contributed by atoms with E-state index in [0.29, 0.717) is 0 Å². The smallest absolute Gasteiger partial charge is 0.0270 e. The summed E-state index contributed by atoms with van der Waals surface area (Å²) < 4.78 is 0. The van der Waals surface area contributed by atoms with Gasteiger partial charge < -0.3 is 4.90 Å². The van der Waals surface area contributed by atoms with Gasteiger partial charge in [-0.1, -0.05) is 29.3 Å². The number of halogens is 1. The first-order valence-electron chi connectivity index (χ1n) is 5.89. The van der Waals surface area contributed by atoms with Crippen LogP contribution in [0.5, 0.6) is 0 Å². The van der Waals surface area contributed by atoms with Gasteiger partial charge in [-0.2, -0.15) is 0 Å². The highest BCUT2D eigenvalue weighted by atomic mass is 79.9. The van der Waals surface area contributed by atoms with Crippen LogP contribution in [0.1, 0.15) is 18.9 Å². The Morgan fingerprint density at radius 1 is 1.38 bits per heavy atom. The van der Waals surface area contributed by atoms with Crippen molar-refractivity contribution in [3.8, 4) is 0 Å². The predicted molar refractivity (Wildman–Crippen MR) is 73.0 cm³/mol. The first kappa shape index (κ1) is 13.7. The molecule has 0 aliphatic heterocycles. The zero-order chi connectivity index (χ0) is 11.8. The number of likely N-dealkylation sites (N-methyl/N-ethyl adjacent to an activating group) is 1. The average molecular weight is 285 g/mol. The largest absolute Gasteiger partial charge is 0.306 e. The normalized spacial score (nSPS) is 13.0. The zero-order valence-electron chi connectivity index (χ0n) is 10.2. The Bertz CT molecular complexity index is 273. The van der Waals surface area contributed by atoms with Gasteiger partial charge >= 0.3 is 0 Å². The van der Waals surface area contributed by atoms with Gasteiger partial charge in [-0.25, -0.2) is 0 Å². The molecule has 0 spiro atoms. The second-order valence-electron chi connectivity index (χ2n) is 4.30. The molecular formula is C13H21BrN2. The molecule has 0 radical (unpaired) electrons. The second kappa shape index (κ2) is 7.80. The highest BCUT2D eigenvalue weighted by Crippen LogP contribution is 2.08. The summed E-state index contributed by atoms with van der Waals surface area (Å²) in [5.74, 6) is 0.766. The number of rotatable bonds is 7. The lowest BCUT2D eigenvalue weighted by molar-refractivity contribution is 0.288. The summed E-state index contributed by atoms with van der Waals surface area (Å²) in [7, 11) is 2.20. The maximum Gasteiger partial charge on any atom is 0.0270 e. The lowest BCUT2D eigenvalue weighted by atomic mass is 10.1. The molecule has 3 heteroatoms. The molecule has 0 aliphatic carbocycles. The fourth-order valence-electron chi connectivity index (χ4n) is 1.69. The summed E-state index contributed by atoms with van der Waals surface area (Å²) in [4.78, 5) is 6.44. The molecule has 16 heavy (non-hydrogen) atoms. The Hall–Kier alpha value is -0.410. The molecule has 1 unspecified atom stereocenters. The monoisotopic (exact) mass is 284 g/mol. The fourth-order valence-corrected chi connectivity index (χ4v) is 2.35. The zero-order valence-corrected chi connectivity index (χ0v) is 11.8. The third-order valence-corrected chi connectivity index (χ3v) is 3.81. The van der Waals surface area contributed by atoms with Gasteiger partial charge in [0.2, 0.25) is 0 Å². The molecule has 0 amide bonds. The first-order chi connectivity index (χ1) is 7.76. The minimum absolute atomic E-state index is 0.766. The Morgan fingerprint density at radius 2 is 2.06 bits per heavy atom. The average Bonchev–Trinajstić information content (AvgIpc) is 2.34. The van der Waals surface area contributed by atoms with Crippen LogP contribution in [-0.4, -0.2) is 35.4 Å². The molecule has 1 rings (SSSR count). The molecule has 2 nitrogen and oxygen atoms in total. The molecule has 0 fully saturated rings. The molecule has 1 heterocycles. The summed E-state index contributed by atoms with van der Waals surface area (Å²) in [5, 5.41) is 1.10. The Kier molecular flexibility index (Phi) is 6.65. The van der Waals surface area contributed by atoms with E-state index in [4.69, 9.17) is 0 Å². The number of pyridine rings is 1. The minimum atomic E-state index is 0.766. The summed E-state index contributed by atoms with van der Waals surface area (Å²) in [6.07, 6.45) is 6.08. The van der Waals surface area contributed by atoms with Crippen LogP contribution in [0.2, 0.25) is 0 Å². The van der Waals surface area contributed by atoms with Crippen LogP contribution in [0, 0.1) is 5.92 Å². The van der Waals surface area contributed by atoms with Gasteiger partial charge in [0.05, 0.1) is 0 Å². The molecule has 1 aromatic rings. The van der Waals surface area contributed by atoms with Crippen molar-refractivity contribution in [3.05, 3.63) is 30.1 Å². The van der Waals surface area contributed by atoms with Crippen molar-refractivity contribution in [1.29, 1.82) is 0 Å². The molecule has 0 N–H and O–H groups in total. The van der Waals surface area contributed by atoms with Crippen LogP contribution in [0.3, 0.4) is 0 Å². The lowest BCUT2D eigenvalue weighted by Gasteiger charge is -2.21. The number of hydrogen-bond acceptors (Lipinski definition) is 2. The maximum absolute atomic E-state index is 4.03. The Labute approximate surface area is 107 Å². The molecule has 0 saturated carbocycles. The van der Waals surface area contributed by atoms with Gasteiger partial charge in [0.15, 0.2) is 0 Å². The van der Waals surface area contributed by atoms with Crippen LogP contribution in [-0.2, 0) is 6.42 Å². The molecule has 0 saturated heterocycles. The van der Waals surface area contributed by atoms with E-state index in [0.717, 1.165) is 24.2 Å². The minimum Gasteiger partial charge on any atom is -0.306 e. The number of nitrogens with zero attached hydrogens (tertiary/aromatic N) is 2. The highest BCUT2D eigenvalue weighted by molar-refractivity contribution is 9.09. The first-order valence-corrected chi connectivity index (χ1v) is 7.01. The van der Waals surface area contributed by atoms with Gasteiger partial charge in [0, 0.05) is 30.8 Å². The van der Waals surface area contributed by atoms with E-state index in [1.54, 1.807) is 0 Å². The summed E-state index contributed by atoms with van der Waals surface area (Å²) in [6, 6.07) is 4.19. The SMILES string of the molecule is CCC(CBr)CN(C)CCc1ccncc1. The van der Waals surface area contributed by atoms with Gasteiger partial charge in [0.25, 0.3) is 0 Å². The van der Waals surface area contributed by atoms with E-state index in [2.05, 4.69) is 51.9 Å². The molecule has 0 bridgehead atoms. The summed E-state index contributed by atoms with van der Waals surface area (Å²) in [6.45, 7) is 4.54. The predicted octanol–water partition coefficient (Wildman–Crippen LogP) is 2.98. The van der Waals surface area contributed by atoms with Crippen LogP contribution in [0.15, 0.2) is 24.5 Å². The van der Waals surface area contributed by atoms with Crippen molar-refractivity contribution < 1.29 is 0 Å². The summed E-state index contributed by atoms with van der Waals surface area (Å²) >= 11 is 3.57. The van der Waals surface area contributed by atoms with Gasteiger partial charge in [-0.3, -0.25) is 4.98 Å². The molecular weight excluding hydrogens is 264 g/mol. The topological polar surface area (TPSA) is 16.1 Å². The van der Waals surface area contributed by atoms with Crippen molar-refractivity contribution in [3.63, 3.8) is 0 Å². The van der Waals surface area contributed by atoms with E-state index in [1.165, 1.54) is 18.5 Å². The van der Waals surface area contributed by atoms with E-state index in [1.807, 2.05) is 12.4 Å². The van der Waals surface area contributed by atoms with E-state index in [-0.39, 0.29) is 0 Å². The van der Waals surface area contributed by atoms with Crippen LogP contribution >= 0.6 is 15.9 Å². The van der Waals surface area contributed by atoms with E-state index >= 15 is 0 Å². The van der Waals surface area contributed by atoms with Crippen molar-refractivity contribution in [2.45, 2.75) is 19.8 Å².